The molecule has 0 fully saturated rings. The molecule has 0 radical (unpaired) electrons. The predicted molar refractivity (Wildman–Crippen MR) is 68.1 cm³/mol. The Balaban J connectivity index is 2.16. The standard InChI is InChI=1S/C10H19N5S/c1-8(2)6-12-10(16)11-5-4-9-14-13-7-15(9)3/h7-8H,4-6H2,1-3H3,(H2,11,12,16). The van der Waals surface area contributed by atoms with Gasteiger partial charge in [0, 0.05) is 26.6 Å². The van der Waals surface area contributed by atoms with Crippen LogP contribution < -0.4 is 10.6 Å². The van der Waals surface area contributed by atoms with Gasteiger partial charge in [-0.1, -0.05) is 13.8 Å². The van der Waals surface area contributed by atoms with Crippen molar-refractivity contribution < 1.29 is 0 Å². The molecule has 0 saturated carbocycles. The molecule has 0 amide bonds. The molecule has 2 N–H and O–H groups in total. The van der Waals surface area contributed by atoms with Crippen molar-refractivity contribution >= 4 is 17.3 Å². The van der Waals surface area contributed by atoms with E-state index in [-0.39, 0.29) is 0 Å². The van der Waals surface area contributed by atoms with Crippen LogP contribution in [0.25, 0.3) is 0 Å². The number of nitrogens with one attached hydrogen (secondary N) is 2. The summed E-state index contributed by atoms with van der Waals surface area (Å²) in [5.74, 6) is 1.55. The first-order valence-electron chi connectivity index (χ1n) is 5.44. The molecule has 0 spiro atoms. The normalized spacial score (nSPS) is 10.5. The fourth-order valence-corrected chi connectivity index (χ4v) is 1.37. The summed E-state index contributed by atoms with van der Waals surface area (Å²) >= 11 is 5.14. The third-order valence-electron chi connectivity index (χ3n) is 2.11. The van der Waals surface area contributed by atoms with E-state index in [1.165, 1.54) is 0 Å². The number of hydrogen-bond donors (Lipinski definition) is 2. The molecule has 5 nitrogen and oxygen atoms in total. The van der Waals surface area contributed by atoms with Crippen molar-refractivity contribution in [3.05, 3.63) is 12.2 Å². The molecule has 0 atom stereocenters. The smallest absolute Gasteiger partial charge is 0.166 e. The minimum atomic E-state index is 0.596. The first-order chi connectivity index (χ1) is 7.59. The monoisotopic (exact) mass is 241 g/mol. The van der Waals surface area contributed by atoms with E-state index in [1.54, 1.807) is 6.33 Å². The molecule has 0 unspecified atom stereocenters. The maximum absolute atomic E-state index is 5.14. The number of aryl methyl sites for hydroxylation is 1. The Morgan fingerprint density at radius 2 is 2.25 bits per heavy atom. The maximum atomic E-state index is 5.14. The fourth-order valence-electron chi connectivity index (χ4n) is 1.18. The second kappa shape index (κ2) is 6.42. The second-order valence-corrected chi connectivity index (χ2v) is 4.55. The second-order valence-electron chi connectivity index (χ2n) is 4.14. The Morgan fingerprint density at radius 3 is 2.81 bits per heavy atom. The number of aromatic nitrogens is 3. The molecule has 0 aliphatic heterocycles. The van der Waals surface area contributed by atoms with Gasteiger partial charge in [-0.2, -0.15) is 0 Å². The Bertz CT molecular complexity index is 334. The van der Waals surface area contributed by atoms with Crippen molar-refractivity contribution in [1.29, 1.82) is 0 Å². The summed E-state index contributed by atoms with van der Waals surface area (Å²) < 4.78 is 1.91. The van der Waals surface area contributed by atoms with E-state index in [4.69, 9.17) is 12.2 Å². The SMILES string of the molecule is CC(C)CNC(=S)NCCc1nncn1C. The van der Waals surface area contributed by atoms with Crippen LogP contribution in [0.15, 0.2) is 6.33 Å². The van der Waals surface area contributed by atoms with Gasteiger partial charge in [0.15, 0.2) is 5.11 Å². The van der Waals surface area contributed by atoms with Crippen LogP contribution in [0.1, 0.15) is 19.7 Å². The van der Waals surface area contributed by atoms with Gasteiger partial charge in [0.25, 0.3) is 0 Å². The van der Waals surface area contributed by atoms with Gasteiger partial charge in [-0.25, -0.2) is 0 Å². The van der Waals surface area contributed by atoms with Crippen LogP contribution in [0, 0.1) is 5.92 Å². The lowest BCUT2D eigenvalue weighted by atomic mass is 10.2. The predicted octanol–water partition coefficient (Wildman–Crippen LogP) is 0.478. The lowest BCUT2D eigenvalue weighted by Crippen LogP contribution is -2.38. The van der Waals surface area contributed by atoms with E-state index in [0.29, 0.717) is 11.0 Å². The Hall–Kier alpha value is -1.17. The topological polar surface area (TPSA) is 54.8 Å². The Morgan fingerprint density at radius 1 is 1.50 bits per heavy atom. The number of rotatable bonds is 5. The number of thiocarbonyl (C=S) groups is 1. The molecule has 1 aromatic heterocycles. The molecule has 0 aliphatic carbocycles. The molecule has 0 saturated heterocycles. The quantitative estimate of drug-likeness (QED) is 0.734. The highest BCUT2D eigenvalue weighted by atomic mass is 32.1. The van der Waals surface area contributed by atoms with Crippen LogP contribution in [-0.4, -0.2) is 33.0 Å². The van der Waals surface area contributed by atoms with Gasteiger partial charge < -0.3 is 15.2 Å². The van der Waals surface area contributed by atoms with E-state index in [9.17, 15) is 0 Å². The molecule has 6 heteroatoms. The molecule has 90 valence electrons. The zero-order valence-electron chi connectivity index (χ0n) is 10.0. The summed E-state index contributed by atoms with van der Waals surface area (Å²) in [6.45, 7) is 5.97. The first kappa shape index (κ1) is 12.9. The van der Waals surface area contributed by atoms with Gasteiger partial charge >= 0.3 is 0 Å². The van der Waals surface area contributed by atoms with Crippen molar-refractivity contribution in [2.75, 3.05) is 13.1 Å². The van der Waals surface area contributed by atoms with Gasteiger partial charge in [0.1, 0.15) is 12.2 Å². The van der Waals surface area contributed by atoms with Gasteiger partial charge in [0.2, 0.25) is 0 Å². The van der Waals surface area contributed by atoms with Crippen molar-refractivity contribution in [3.8, 4) is 0 Å². The van der Waals surface area contributed by atoms with Crippen molar-refractivity contribution in [2.45, 2.75) is 20.3 Å². The highest BCUT2D eigenvalue weighted by Crippen LogP contribution is 1.91. The maximum Gasteiger partial charge on any atom is 0.166 e. The lowest BCUT2D eigenvalue weighted by molar-refractivity contribution is 0.618. The summed E-state index contributed by atoms with van der Waals surface area (Å²) in [7, 11) is 1.94. The minimum absolute atomic E-state index is 0.596. The van der Waals surface area contributed by atoms with Crippen LogP contribution in [0.5, 0.6) is 0 Å². The van der Waals surface area contributed by atoms with Crippen LogP contribution in [0.2, 0.25) is 0 Å². The Kier molecular flexibility index (Phi) is 5.18. The zero-order chi connectivity index (χ0) is 12.0. The van der Waals surface area contributed by atoms with E-state index in [0.717, 1.165) is 25.3 Å². The molecule has 0 bridgehead atoms. The van der Waals surface area contributed by atoms with Crippen LogP contribution in [0.4, 0.5) is 0 Å². The summed E-state index contributed by atoms with van der Waals surface area (Å²) in [6.07, 6.45) is 2.52. The zero-order valence-corrected chi connectivity index (χ0v) is 10.8. The van der Waals surface area contributed by atoms with Crippen LogP contribution in [-0.2, 0) is 13.5 Å². The number of hydrogen-bond acceptors (Lipinski definition) is 3. The fraction of sp³-hybridized carbons (Fsp3) is 0.700. The summed E-state index contributed by atoms with van der Waals surface area (Å²) in [6, 6.07) is 0. The average molecular weight is 241 g/mol. The van der Waals surface area contributed by atoms with Crippen molar-refractivity contribution in [1.82, 2.24) is 25.4 Å². The first-order valence-corrected chi connectivity index (χ1v) is 5.85. The molecule has 0 aliphatic rings. The van der Waals surface area contributed by atoms with E-state index >= 15 is 0 Å². The van der Waals surface area contributed by atoms with Crippen molar-refractivity contribution in [2.24, 2.45) is 13.0 Å². The molecule has 1 aromatic rings. The summed E-state index contributed by atoms with van der Waals surface area (Å²) in [5.41, 5.74) is 0. The largest absolute Gasteiger partial charge is 0.362 e. The molecular weight excluding hydrogens is 222 g/mol. The molecule has 16 heavy (non-hydrogen) atoms. The average Bonchev–Trinajstić information content (AvgIpc) is 2.61. The molecule has 1 heterocycles. The molecule has 0 aromatic carbocycles. The van der Waals surface area contributed by atoms with Gasteiger partial charge in [0.05, 0.1) is 0 Å². The van der Waals surface area contributed by atoms with E-state index in [1.807, 2.05) is 11.6 Å². The van der Waals surface area contributed by atoms with E-state index in [2.05, 4.69) is 34.7 Å². The number of nitrogens with zero attached hydrogens (tertiary/aromatic N) is 3. The minimum Gasteiger partial charge on any atom is -0.362 e. The van der Waals surface area contributed by atoms with Gasteiger partial charge in [-0.05, 0) is 18.1 Å². The Labute approximate surface area is 102 Å². The van der Waals surface area contributed by atoms with E-state index < -0.39 is 0 Å². The summed E-state index contributed by atoms with van der Waals surface area (Å²) in [4.78, 5) is 0. The third-order valence-corrected chi connectivity index (χ3v) is 2.40. The molecular formula is C10H19N5S. The lowest BCUT2D eigenvalue weighted by Gasteiger charge is -2.11. The van der Waals surface area contributed by atoms with Crippen LogP contribution in [0.3, 0.4) is 0 Å². The highest BCUT2D eigenvalue weighted by molar-refractivity contribution is 7.80. The molecule has 1 rings (SSSR count). The van der Waals surface area contributed by atoms with Gasteiger partial charge in [-0.15, -0.1) is 10.2 Å². The summed E-state index contributed by atoms with van der Waals surface area (Å²) in [5, 5.41) is 14.8. The van der Waals surface area contributed by atoms with Gasteiger partial charge in [-0.3, -0.25) is 0 Å². The highest BCUT2D eigenvalue weighted by Gasteiger charge is 2.01. The van der Waals surface area contributed by atoms with Crippen molar-refractivity contribution in [3.63, 3.8) is 0 Å². The third kappa shape index (κ3) is 4.57. The van der Waals surface area contributed by atoms with Crippen LogP contribution >= 0.6 is 12.2 Å².